The summed E-state index contributed by atoms with van der Waals surface area (Å²) in [4.78, 5) is 11.0. The molecular formula is C15H10O3. The van der Waals surface area contributed by atoms with E-state index < -0.39 is 5.97 Å². The minimum absolute atomic E-state index is 0.550. The van der Waals surface area contributed by atoms with Crippen LogP contribution in [0, 0.1) is 11.8 Å². The maximum Gasteiger partial charge on any atom is 0.384 e. The first-order valence-corrected chi connectivity index (χ1v) is 5.60. The first-order valence-electron chi connectivity index (χ1n) is 5.60. The second kappa shape index (κ2) is 4.08. The summed E-state index contributed by atoms with van der Waals surface area (Å²) in [5.74, 6) is 5.54. The third-order valence-corrected chi connectivity index (χ3v) is 2.93. The number of benzene rings is 1. The Labute approximate surface area is 104 Å². The van der Waals surface area contributed by atoms with Crippen LogP contribution in [0.1, 0.15) is 16.9 Å². The van der Waals surface area contributed by atoms with E-state index in [1.807, 2.05) is 24.3 Å². The molecule has 0 amide bonds. The Morgan fingerprint density at radius 1 is 1.44 bits per heavy atom. The number of esters is 1. The number of furan rings is 1. The fourth-order valence-corrected chi connectivity index (χ4v) is 2.09. The molecule has 3 heteroatoms. The lowest BCUT2D eigenvalue weighted by molar-refractivity contribution is -0.133. The highest BCUT2D eigenvalue weighted by molar-refractivity contribution is 5.93. The number of carbonyl (C=O) groups excluding carboxylic acids is 1. The Bertz CT molecular complexity index is 723. The lowest BCUT2D eigenvalue weighted by Crippen LogP contribution is -1.94. The van der Waals surface area contributed by atoms with E-state index in [0.717, 1.165) is 23.2 Å². The minimum Gasteiger partial charge on any atom is -0.459 e. The molecule has 0 fully saturated rings. The van der Waals surface area contributed by atoms with Gasteiger partial charge < -0.3 is 9.15 Å². The molecule has 1 aromatic carbocycles. The Kier molecular flexibility index (Phi) is 2.42. The third-order valence-electron chi connectivity index (χ3n) is 2.93. The Morgan fingerprint density at radius 2 is 2.33 bits per heavy atom. The molecule has 0 spiro atoms. The first kappa shape index (κ1) is 10.7. The van der Waals surface area contributed by atoms with E-state index in [1.165, 1.54) is 12.7 Å². The molecule has 0 atom stereocenters. The fourth-order valence-electron chi connectivity index (χ4n) is 2.09. The predicted molar refractivity (Wildman–Crippen MR) is 67.8 cm³/mol. The number of carbonyl (C=O) groups is 1. The van der Waals surface area contributed by atoms with Crippen molar-refractivity contribution in [2.75, 3.05) is 7.11 Å². The van der Waals surface area contributed by atoms with Crippen molar-refractivity contribution in [2.45, 2.75) is 6.42 Å². The zero-order valence-corrected chi connectivity index (χ0v) is 9.82. The van der Waals surface area contributed by atoms with Crippen LogP contribution in [0.2, 0.25) is 0 Å². The number of para-hydroxylation sites is 1. The summed E-state index contributed by atoms with van der Waals surface area (Å²) in [6.07, 6.45) is 4.92. The second-order valence-corrected chi connectivity index (χ2v) is 3.98. The molecule has 1 aliphatic rings. The molecule has 0 radical (unpaired) electrons. The quantitative estimate of drug-likeness (QED) is 0.523. The molecule has 0 saturated heterocycles. The van der Waals surface area contributed by atoms with Crippen LogP contribution in [-0.2, 0) is 16.0 Å². The molecule has 0 bridgehead atoms. The van der Waals surface area contributed by atoms with Crippen LogP contribution in [0.3, 0.4) is 0 Å². The number of hydrogen-bond acceptors (Lipinski definition) is 3. The number of rotatable bonds is 0. The molecule has 1 aromatic heterocycles. The van der Waals surface area contributed by atoms with Gasteiger partial charge in [-0.05, 0) is 18.6 Å². The Balaban J connectivity index is 2.15. The van der Waals surface area contributed by atoms with Gasteiger partial charge in [0.05, 0.1) is 12.7 Å². The second-order valence-electron chi connectivity index (χ2n) is 3.98. The van der Waals surface area contributed by atoms with Crippen molar-refractivity contribution in [3.63, 3.8) is 0 Å². The molecule has 2 aromatic rings. The van der Waals surface area contributed by atoms with Crippen LogP contribution < -0.4 is 0 Å². The van der Waals surface area contributed by atoms with E-state index in [4.69, 9.17) is 4.42 Å². The summed E-state index contributed by atoms with van der Waals surface area (Å²) in [6.45, 7) is 0. The zero-order valence-electron chi connectivity index (χ0n) is 9.82. The lowest BCUT2D eigenvalue weighted by atomic mass is 10.1. The van der Waals surface area contributed by atoms with Gasteiger partial charge in [0.2, 0.25) is 0 Å². The molecule has 18 heavy (non-hydrogen) atoms. The number of allylic oxidation sites excluding steroid dienone is 1. The van der Waals surface area contributed by atoms with Gasteiger partial charge in [0.1, 0.15) is 5.76 Å². The van der Waals surface area contributed by atoms with Gasteiger partial charge in [-0.3, -0.25) is 0 Å². The highest BCUT2D eigenvalue weighted by atomic mass is 16.5. The van der Waals surface area contributed by atoms with Crippen molar-refractivity contribution >= 4 is 23.0 Å². The average Bonchev–Trinajstić information content (AvgIpc) is 2.96. The van der Waals surface area contributed by atoms with Gasteiger partial charge in [-0.15, -0.1) is 0 Å². The topological polar surface area (TPSA) is 39.4 Å². The van der Waals surface area contributed by atoms with E-state index in [1.54, 1.807) is 0 Å². The van der Waals surface area contributed by atoms with Crippen LogP contribution in [0.15, 0.2) is 28.7 Å². The highest BCUT2D eigenvalue weighted by Gasteiger charge is 2.16. The Morgan fingerprint density at radius 3 is 3.17 bits per heavy atom. The van der Waals surface area contributed by atoms with Gasteiger partial charge in [0.25, 0.3) is 0 Å². The van der Waals surface area contributed by atoms with E-state index in [9.17, 15) is 4.79 Å². The minimum atomic E-state index is -0.550. The highest BCUT2D eigenvalue weighted by Crippen LogP contribution is 2.32. The molecule has 1 aliphatic carbocycles. The number of fused-ring (bicyclic) bond motifs is 3. The molecular weight excluding hydrogens is 228 g/mol. The molecule has 0 unspecified atom stereocenters. The van der Waals surface area contributed by atoms with Crippen molar-refractivity contribution in [2.24, 2.45) is 0 Å². The Hall–Kier alpha value is -2.47. The summed E-state index contributed by atoms with van der Waals surface area (Å²) in [6, 6.07) is 5.76. The van der Waals surface area contributed by atoms with Crippen molar-refractivity contribution in [1.82, 2.24) is 0 Å². The van der Waals surface area contributed by atoms with Gasteiger partial charge in [-0.25, -0.2) is 4.79 Å². The van der Waals surface area contributed by atoms with Gasteiger partial charge in [0, 0.05) is 16.9 Å². The van der Waals surface area contributed by atoms with Crippen molar-refractivity contribution in [3.05, 3.63) is 41.2 Å². The SMILES string of the molecule is COC(=O)C#Cc1cccc2c3c(oc12)C=CC3. The predicted octanol–water partition coefficient (Wildman–Crippen LogP) is 2.53. The van der Waals surface area contributed by atoms with E-state index >= 15 is 0 Å². The van der Waals surface area contributed by atoms with Crippen LogP contribution >= 0.6 is 0 Å². The monoisotopic (exact) mass is 238 g/mol. The molecule has 0 saturated carbocycles. The summed E-state index contributed by atoms with van der Waals surface area (Å²) >= 11 is 0. The molecule has 0 aliphatic heterocycles. The average molecular weight is 238 g/mol. The summed E-state index contributed by atoms with van der Waals surface area (Å²) < 4.78 is 10.3. The number of hydrogen-bond donors (Lipinski definition) is 0. The smallest absolute Gasteiger partial charge is 0.384 e. The van der Waals surface area contributed by atoms with Crippen LogP contribution in [0.5, 0.6) is 0 Å². The largest absolute Gasteiger partial charge is 0.459 e. The first-order chi connectivity index (χ1) is 8.79. The summed E-state index contributed by atoms with van der Waals surface area (Å²) in [7, 11) is 1.31. The van der Waals surface area contributed by atoms with Crippen molar-refractivity contribution in [3.8, 4) is 11.8 Å². The zero-order chi connectivity index (χ0) is 12.5. The summed E-state index contributed by atoms with van der Waals surface area (Å²) in [5.41, 5.74) is 2.63. The van der Waals surface area contributed by atoms with Crippen LogP contribution in [0.4, 0.5) is 0 Å². The van der Waals surface area contributed by atoms with E-state index in [0.29, 0.717) is 5.56 Å². The standard InChI is InChI=1S/C15H10O3/c1-17-14(16)9-8-10-4-2-6-12-11-5-3-7-13(11)18-15(10)12/h2-4,6-7H,5H2,1H3. The maximum atomic E-state index is 11.0. The molecule has 0 N–H and O–H groups in total. The van der Waals surface area contributed by atoms with Gasteiger partial charge in [0.15, 0.2) is 5.58 Å². The van der Waals surface area contributed by atoms with Crippen LogP contribution in [-0.4, -0.2) is 13.1 Å². The van der Waals surface area contributed by atoms with Crippen molar-refractivity contribution < 1.29 is 13.9 Å². The van der Waals surface area contributed by atoms with E-state index in [2.05, 4.69) is 22.7 Å². The van der Waals surface area contributed by atoms with Crippen molar-refractivity contribution in [1.29, 1.82) is 0 Å². The molecule has 1 heterocycles. The molecule has 3 rings (SSSR count). The number of ether oxygens (including phenoxy) is 1. The fraction of sp³-hybridized carbons (Fsp3) is 0.133. The van der Waals surface area contributed by atoms with Gasteiger partial charge in [-0.2, -0.15) is 0 Å². The van der Waals surface area contributed by atoms with E-state index in [-0.39, 0.29) is 0 Å². The molecule has 3 nitrogen and oxygen atoms in total. The van der Waals surface area contributed by atoms with Gasteiger partial charge >= 0.3 is 5.97 Å². The lowest BCUT2D eigenvalue weighted by Gasteiger charge is -1.94. The normalized spacial score (nSPS) is 12.1. The van der Waals surface area contributed by atoms with Gasteiger partial charge in [-0.1, -0.05) is 24.1 Å². The third kappa shape index (κ3) is 1.59. The van der Waals surface area contributed by atoms with Crippen LogP contribution in [0.25, 0.3) is 17.0 Å². The number of methoxy groups -OCH3 is 1. The maximum absolute atomic E-state index is 11.0. The summed E-state index contributed by atoms with van der Waals surface area (Å²) in [5, 5.41) is 1.06. The molecule has 88 valence electrons.